The van der Waals surface area contributed by atoms with Crippen LogP contribution in [-0.2, 0) is 6.42 Å². The lowest BCUT2D eigenvalue weighted by molar-refractivity contribution is 0.101. The van der Waals surface area contributed by atoms with Crippen LogP contribution in [0.5, 0.6) is 0 Å². The Morgan fingerprint density at radius 1 is 1.41 bits per heavy atom. The van der Waals surface area contributed by atoms with Crippen molar-refractivity contribution < 1.29 is 4.79 Å². The average molecular weight is 234 g/mol. The molecule has 2 heterocycles. The molecule has 0 aromatic carbocycles. The van der Waals surface area contributed by atoms with E-state index in [0.717, 1.165) is 24.4 Å². The van der Waals surface area contributed by atoms with Crippen LogP contribution in [0.4, 0.5) is 5.82 Å². The van der Waals surface area contributed by atoms with Crippen LogP contribution in [0.25, 0.3) is 0 Å². The first-order valence-corrected chi connectivity index (χ1v) is 5.43. The third-order valence-electron chi connectivity index (χ3n) is 2.17. The number of amides is 1. The molecule has 1 amide bonds. The third-order valence-corrected chi connectivity index (χ3v) is 2.17. The van der Waals surface area contributed by atoms with E-state index in [1.807, 2.05) is 13.8 Å². The van der Waals surface area contributed by atoms with Gasteiger partial charge >= 0.3 is 0 Å². The maximum absolute atomic E-state index is 11.7. The van der Waals surface area contributed by atoms with Gasteiger partial charge in [-0.15, -0.1) is 5.10 Å². The molecule has 0 aliphatic rings. The molecule has 2 rings (SSSR count). The van der Waals surface area contributed by atoms with E-state index in [0.29, 0.717) is 5.82 Å². The lowest BCUT2D eigenvalue weighted by Gasteiger charge is -1.95. The fourth-order valence-electron chi connectivity index (χ4n) is 1.40. The summed E-state index contributed by atoms with van der Waals surface area (Å²) in [6, 6.07) is 1.73. The summed E-state index contributed by atoms with van der Waals surface area (Å²) in [5, 5.41) is 15.8. The molecule has 0 bridgehead atoms. The van der Waals surface area contributed by atoms with Gasteiger partial charge in [-0.25, -0.2) is 4.98 Å². The summed E-state index contributed by atoms with van der Waals surface area (Å²) in [4.78, 5) is 15.8. The number of aromatic amines is 2. The van der Waals surface area contributed by atoms with E-state index in [-0.39, 0.29) is 11.7 Å². The molecule has 0 unspecified atom stereocenters. The first-order chi connectivity index (χ1) is 8.19. The molecule has 0 saturated heterocycles. The summed E-state index contributed by atoms with van der Waals surface area (Å²) in [5.74, 6) is 0.953. The predicted octanol–water partition coefficient (Wildman–Crippen LogP) is 1.04. The summed E-state index contributed by atoms with van der Waals surface area (Å²) >= 11 is 0. The van der Waals surface area contributed by atoms with Gasteiger partial charge in [0.2, 0.25) is 5.82 Å². The zero-order valence-electron chi connectivity index (χ0n) is 9.74. The van der Waals surface area contributed by atoms with Crippen LogP contribution in [0, 0.1) is 6.92 Å². The number of rotatable bonds is 4. The summed E-state index contributed by atoms with van der Waals surface area (Å²) in [6.45, 7) is 3.89. The Morgan fingerprint density at radius 2 is 2.24 bits per heavy atom. The number of aryl methyl sites for hydroxylation is 2. The van der Waals surface area contributed by atoms with Gasteiger partial charge in [-0.1, -0.05) is 6.92 Å². The largest absolute Gasteiger partial charge is 0.302 e. The quantitative estimate of drug-likeness (QED) is 0.735. The zero-order chi connectivity index (χ0) is 12.3. The first-order valence-electron chi connectivity index (χ1n) is 5.43. The monoisotopic (exact) mass is 234 g/mol. The predicted molar refractivity (Wildman–Crippen MR) is 61.7 cm³/mol. The van der Waals surface area contributed by atoms with Gasteiger partial charge in [0.05, 0.1) is 0 Å². The molecule has 3 N–H and O–H groups in total. The number of hydrogen-bond acceptors (Lipinski definition) is 4. The molecule has 2 aromatic heterocycles. The van der Waals surface area contributed by atoms with Crippen molar-refractivity contribution in [3.63, 3.8) is 0 Å². The maximum Gasteiger partial charge on any atom is 0.296 e. The van der Waals surface area contributed by atoms with Crippen LogP contribution in [0.2, 0.25) is 0 Å². The van der Waals surface area contributed by atoms with E-state index < -0.39 is 0 Å². The minimum Gasteiger partial charge on any atom is -0.302 e. The Labute approximate surface area is 98.0 Å². The highest BCUT2D eigenvalue weighted by molar-refractivity contribution is 6.00. The normalized spacial score (nSPS) is 10.5. The van der Waals surface area contributed by atoms with Crippen LogP contribution < -0.4 is 5.32 Å². The number of aromatic nitrogens is 5. The minimum absolute atomic E-state index is 0.133. The summed E-state index contributed by atoms with van der Waals surface area (Å²) < 4.78 is 0. The van der Waals surface area contributed by atoms with Gasteiger partial charge in [-0.05, 0) is 13.3 Å². The van der Waals surface area contributed by atoms with Crippen molar-refractivity contribution in [3.8, 4) is 0 Å². The second kappa shape index (κ2) is 4.77. The molecule has 0 spiro atoms. The molecule has 0 fully saturated rings. The molecule has 0 saturated carbocycles. The number of H-pyrrole nitrogens is 2. The van der Waals surface area contributed by atoms with Gasteiger partial charge < -0.3 is 5.32 Å². The van der Waals surface area contributed by atoms with E-state index in [9.17, 15) is 4.79 Å². The number of anilines is 1. The summed E-state index contributed by atoms with van der Waals surface area (Å²) in [7, 11) is 0. The van der Waals surface area contributed by atoms with Crippen LogP contribution >= 0.6 is 0 Å². The van der Waals surface area contributed by atoms with Crippen molar-refractivity contribution in [3.05, 3.63) is 23.4 Å². The second-order valence-electron chi connectivity index (χ2n) is 3.75. The number of carbonyl (C=O) groups is 1. The highest BCUT2D eigenvalue weighted by Gasteiger charge is 2.13. The van der Waals surface area contributed by atoms with Crippen molar-refractivity contribution >= 4 is 11.7 Å². The Morgan fingerprint density at radius 3 is 2.88 bits per heavy atom. The van der Waals surface area contributed by atoms with Gasteiger partial charge in [0.25, 0.3) is 5.91 Å². The van der Waals surface area contributed by atoms with Crippen molar-refractivity contribution in [2.24, 2.45) is 0 Å². The minimum atomic E-state index is -0.366. The highest BCUT2D eigenvalue weighted by atomic mass is 16.2. The van der Waals surface area contributed by atoms with E-state index in [4.69, 9.17) is 0 Å². The van der Waals surface area contributed by atoms with Gasteiger partial charge in [0, 0.05) is 18.2 Å². The van der Waals surface area contributed by atoms with Crippen molar-refractivity contribution in [1.29, 1.82) is 0 Å². The zero-order valence-corrected chi connectivity index (χ0v) is 9.74. The molecule has 0 aliphatic carbocycles. The lowest BCUT2D eigenvalue weighted by Crippen LogP contribution is -2.14. The highest BCUT2D eigenvalue weighted by Crippen LogP contribution is 2.05. The molecular weight excluding hydrogens is 220 g/mol. The van der Waals surface area contributed by atoms with Gasteiger partial charge in [-0.2, -0.15) is 5.10 Å². The van der Waals surface area contributed by atoms with E-state index in [2.05, 4.69) is 30.7 Å². The molecule has 0 radical (unpaired) electrons. The Kier molecular flexibility index (Phi) is 3.17. The molecule has 7 nitrogen and oxygen atoms in total. The Hall–Kier alpha value is -2.18. The standard InChI is InChI=1S/C10H14N6O/c1-3-4-7-11-9(16-14-7)10(17)12-8-5-6(2)13-15-8/h5H,3-4H2,1-2H3,(H,11,14,16)(H2,12,13,15,17). The van der Waals surface area contributed by atoms with Crippen LogP contribution in [0.1, 0.15) is 35.5 Å². The SMILES string of the molecule is CCCc1nc(C(=O)Nc2cc(C)[nH]n2)n[nH]1. The molecule has 90 valence electrons. The number of carbonyl (C=O) groups excluding carboxylic acids is 1. The Bertz CT molecular complexity index is 514. The molecule has 7 heteroatoms. The van der Waals surface area contributed by atoms with Crippen LogP contribution in [0.15, 0.2) is 6.07 Å². The summed E-state index contributed by atoms with van der Waals surface area (Å²) in [6.07, 6.45) is 1.73. The first kappa shape index (κ1) is 11.3. The number of nitrogens with zero attached hydrogens (tertiary/aromatic N) is 3. The smallest absolute Gasteiger partial charge is 0.296 e. The van der Waals surface area contributed by atoms with Crippen molar-refractivity contribution in [1.82, 2.24) is 25.4 Å². The fraction of sp³-hybridized carbons (Fsp3) is 0.400. The van der Waals surface area contributed by atoms with Crippen LogP contribution in [0.3, 0.4) is 0 Å². The van der Waals surface area contributed by atoms with Gasteiger partial charge in [-0.3, -0.25) is 15.0 Å². The van der Waals surface area contributed by atoms with E-state index >= 15 is 0 Å². The van der Waals surface area contributed by atoms with Crippen LogP contribution in [-0.4, -0.2) is 31.3 Å². The van der Waals surface area contributed by atoms with Crippen molar-refractivity contribution in [2.75, 3.05) is 5.32 Å². The van der Waals surface area contributed by atoms with E-state index in [1.54, 1.807) is 6.07 Å². The number of hydrogen-bond donors (Lipinski definition) is 3. The van der Waals surface area contributed by atoms with Gasteiger partial charge in [0.15, 0.2) is 5.82 Å². The van der Waals surface area contributed by atoms with E-state index in [1.165, 1.54) is 0 Å². The maximum atomic E-state index is 11.7. The number of nitrogens with one attached hydrogen (secondary N) is 3. The molecule has 17 heavy (non-hydrogen) atoms. The van der Waals surface area contributed by atoms with Crippen molar-refractivity contribution in [2.45, 2.75) is 26.7 Å². The third kappa shape index (κ3) is 2.68. The molecule has 0 atom stereocenters. The lowest BCUT2D eigenvalue weighted by atomic mass is 10.3. The second-order valence-corrected chi connectivity index (χ2v) is 3.75. The topological polar surface area (TPSA) is 99.3 Å². The molecule has 2 aromatic rings. The summed E-state index contributed by atoms with van der Waals surface area (Å²) in [5.41, 5.74) is 0.877. The molecule has 0 aliphatic heterocycles. The molecular formula is C10H14N6O. The Balaban J connectivity index is 2.03. The fourth-order valence-corrected chi connectivity index (χ4v) is 1.40. The van der Waals surface area contributed by atoms with Gasteiger partial charge in [0.1, 0.15) is 5.82 Å². The average Bonchev–Trinajstić information content (AvgIpc) is 2.88.